The van der Waals surface area contributed by atoms with Gasteiger partial charge in [-0.1, -0.05) is 127 Å². The van der Waals surface area contributed by atoms with E-state index in [1.807, 2.05) is 91.0 Å². The van der Waals surface area contributed by atoms with Gasteiger partial charge in [0.2, 0.25) is 5.89 Å². The van der Waals surface area contributed by atoms with Crippen LogP contribution in [0.5, 0.6) is 0 Å². The van der Waals surface area contributed by atoms with E-state index >= 15 is 0 Å². The molecule has 5 nitrogen and oxygen atoms in total. The molecule has 0 aliphatic rings. The van der Waals surface area contributed by atoms with Crippen LogP contribution < -0.4 is 0 Å². The third kappa shape index (κ3) is 4.82. The summed E-state index contributed by atoms with van der Waals surface area (Å²) in [5, 5.41) is 4.40. The third-order valence-corrected chi connectivity index (χ3v) is 8.53. The van der Waals surface area contributed by atoms with E-state index in [2.05, 4.69) is 66.7 Å². The van der Waals surface area contributed by atoms with Crippen LogP contribution in [0.1, 0.15) is 0 Å². The molecule has 0 bridgehead atoms. The highest BCUT2D eigenvalue weighted by molar-refractivity contribution is 6.22. The van der Waals surface area contributed by atoms with Crippen molar-refractivity contribution in [1.29, 1.82) is 0 Å². The summed E-state index contributed by atoms with van der Waals surface area (Å²) in [6.07, 6.45) is 0. The molecule has 0 saturated carbocycles. The summed E-state index contributed by atoms with van der Waals surface area (Å²) in [5.74, 6) is 2.51. The van der Waals surface area contributed by atoms with Gasteiger partial charge in [-0.25, -0.2) is 19.9 Å². The van der Waals surface area contributed by atoms with Crippen LogP contribution in [0.3, 0.4) is 0 Å². The molecule has 0 amide bonds. The molecule has 9 aromatic rings. The lowest BCUT2D eigenvalue weighted by Gasteiger charge is -2.13. The summed E-state index contributed by atoms with van der Waals surface area (Å²) in [6.45, 7) is 0. The molecule has 0 aliphatic heterocycles. The zero-order valence-electron chi connectivity index (χ0n) is 25.2. The molecule has 0 atom stereocenters. The van der Waals surface area contributed by atoms with Gasteiger partial charge in [-0.2, -0.15) is 0 Å². The Labute approximate surface area is 270 Å². The van der Waals surface area contributed by atoms with Gasteiger partial charge < -0.3 is 4.42 Å². The number of aromatic nitrogens is 4. The maximum absolute atomic E-state index is 6.53. The maximum Gasteiger partial charge on any atom is 0.227 e. The van der Waals surface area contributed by atoms with Gasteiger partial charge in [-0.05, 0) is 57.6 Å². The normalized spacial score (nSPS) is 11.4. The maximum atomic E-state index is 6.53. The number of rotatable bonds is 5. The van der Waals surface area contributed by atoms with Crippen molar-refractivity contribution in [2.45, 2.75) is 0 Å². The first-order valence-corrected chi connectivity index (χ1v) is 15.6. The molecule has 7 aromatic carbocycles. The van der Waals surface area contributed by atoms with Crippen molar-refractivity contribution < 1.29 is 4.42 Å². The lowest BCUT2D eigenvalue weighted by molar-refractivity contribution is 0.623. The number of nitrogens with zero attached hydrogens (tertiary/aromatic N) is 4. The Morgan fingerprint density at radius 3 is 1.62 bits per heavy atom. The third-order valence-electron chi connectivity index (χ3n) is 8.53. The smallest absolute Gasteiger partial charge is 0.227 e. The predicted octanol–water partition coefficient (Wildman–Crippen LogP) is 10.7. The van der Waals surface area contributed by atoms with E-state index < -0.39 is 0 Å². The first-order valence-electron chi connectivity index (χ1n) is 15.6. The molecule has 0 spiro atoms. The minimum absolute atomic E-state index is 0.614. The zero-order chi connectivity index (χ0) is 31.2. The zero-order valence-corrected chi connectivity index (χ0v) is 25.2. The summed E-state index contributed by atoms with van der Waals surface area (Å²) in [6, 6.07) is 53.5. The van der Waals surface area contributed by atoms with Crippen LogP contribution in [0.15, 0.2) is 162 Å². The first-order chi connectivity index (χ1) is 23.3. The van der Waals surface area contributed by atoms with Crippen molar-refractivity contribution in [2.75, 3.05) is 0 Å². The molecule has 0 unspecified atom stereocenters. The Balaban J connectivity index is 1.25. The molecule has 5 heteroatoms. The number of benzene rings is 7. The van der Waals surface area contributed by atoms with Gasteiger partial charge in [-0.3, -0.25) is 0 Å². The Morgan fingerprint density at radius 1 is 0.383 bits per heavy atom. The molecular weight excluding hydrogens is 576 g/mol. The topological polar surface area (TPSA) is 64.7 Å². The standard InChI is InChI=1S/C42H26N4O/c1-4-13-27(14-5-1)39-44-40(28-15-6-2-7-16-28)46-41(45-39)32-21-12-20-30(25-32)35-26-31-19-10-11-22-33(31)37-34(35)23-24-36-38(37)47-42(43-36)29-17-8-3-9-18-29/h1-26H. The molecule has 9 rings (SSSR count). The van der Waals surface area contributed by atoms with E-state index in [4.69, 9.17) is 24.4 Å². The van der Waals surface area contributed by atoms with Crippen molar-refractivity contribution in [3.63, 3.8) is 0 Å². The number of oxazole rings is 1. The minimum Gasteiger partial charge on any atom is -0.435 e. The second-order valence-electron chi connectivity index (χ2n) is 11.5. The van der Waals surface area contributed by atoms with Crippen LogP contribution in [-0.4, -0.2) is 19.9 Å². The van der Waals surface area contributed by atoms with E-state index in [-0.39, 0.29) is 0 Å². The van der Waals surface area contributed by atoms with Crippen molar-refractivity contribution in [2.24, 2.45) is 0 Å². The number of hydrogen-bond donors (Lipinski definition) is 0. The van der Waals surface area contributed by atoms with Gasteiger partial charge in [0.1, 0.15) is 5.52 Å². The van der Waals surface area contributed by atoms with Crippen LogP contribution in [0, 0.1) is 0 Å². The van der Waals surface area contributed by atoms with Crippen molar-refractivity contribution in [3.05, 3.63) is 158 Å². The lowest BCUT2D eigenvalue weighted by Crippen LogP contribution is -2.00. The Kier molecular flexibility index (Phi) is 6.39. The van der Waals surface area contributed by atoms with Gasteiger partial charge in [0, 0.05) is 27.6 Å². The van der Waals surface area contributed by atoms with Gasteiger partial charge in [0.25, 0.3) is 0 Å². The van der Waals surface area contributed by atoms with Gasteiger partial charge in [-0.15, -0.1) is 0 Å². The van der Waals surface area contributed by atoms with Crippen molar-refractivity contribution >= 4 is 32.6 Å². The highest BCUT2D eigenvalue weighted by Crippen LogP contribution is 2.41. The largest absolute Gasteiger partial charge is 0.435 e. The quantitative estimate of drug-likeness (QED) is 0.183. The Hall–Kier alpha value is -6.46. The molecule has 0 fully saturated rings. The predicted molar refractivity (Wildman–Crippen MR) is 190 cm³/mol. The summed E-state index contributed by atoms with van der Waals surface area (Å²) in [7, 11) is 0. The van der Waals surface area contributed by atoms with E-state index in [1.54, 1.807) is 0 Å². The van der Waals surface area contributed by atoms with E-state index in [1.165, 1.54) is 0 Å². The summed E-state index contributed by atoms with van der Waals surface area (Å²) >= 11 is 0. The molecule has 0 radical (unpaired) electrons. The molecule has 47 heavy (non-hydrogen) atoms. The second kappa shape index (κ2) is 11.2. The van der Waals surface area contributed by atoms with Crippen LogP contribution in [0.25, 0.3) is 89.4 Å². The summed E-state index contributed by atoms with van der Waals surface area (Å²) in [5.41, 5.74) is 7.52. The number of fused-ring (bicyclic) bond motifs is 5. The van der Waals surface area contributed by atoms with Crippen LogP contribution in [0.4, 0.5) is 0 Å². The highest BCUT2D eigenvalue weighted by Gasteiger charge is 2.18. The summed E-state index contributed by atoms with van der Waals surface area (Å²) < 4.78 is 6.53. The van der Waals surface area contributed by atoms with Gasteiger partial charge >= 0.3 is 0 Å². The van der Waals surface area contributed by atoms with E-state index in [0.717, 1.165) is 66.0 Å². The van der Waals surface area contributed by atoms with Crippen LogP contribution >= 0.6 is 0 Å². The van der Waals surface area contributed by atoms with Crippen molar-refractivity contribution in [3.8, 4) is 56.7 Å². The molecule has 2 aromatic heterocycles. The molecule has 0 saturated heterocycles. The van der Waals surface area contributed by atoms with E-state index in [9.17, 15) is 0 Å². The number of hydrogen-bond acceptors (Lipinski definition) is 5. The molecule has 0 aliphatic carbocycles. The molecular formula is C42H26N4O. The molecule has 2 heterocycles. The first kappa shape index (κ1) is 26.9. The minimum atomic E-state index is 0.614. The van der Waals surface area contributed by atoms with Gasteiger partial charge in [0.15, 0.2) is 23.1 Å². The molecule has 0 N–H and O–H groups in total. The highest BCUT2D eigenvalue weighted by atomic mass is 16.3. The van der Waals surface area contributed by atoms with Gasteiger partial charge in [0.05, 0.1) is 0 Å². The Bertz CT molecular complexity index is 2500. The summed E-state index contributed by atoms with van der Waals surface area (Å²) in [4.78, 5) is 19.7. The fourth-order valence-corrected chi connectivity index (χ4v) is 6.27. The van der Waals surface area contributed by atoms with Crippen LogP contribution in [-0.2, 0) is 0 Å². The fraction of sp³-hybridized carbons (Fsp3) is 0. The lowest BCUT2D eigenvalue weighted by atomic mass is 9.92. The monoisotopic (exact) mass is 602 g/mol. The van der Waals surface area contributed by atoms with E-state index in [0.29, 0.717) is 23.4 Å². The Morgan fingerprint density at radius 2 is 0.936 bits per heavy atom. The average molecular weight is 603 g/mol. The fourth-order valence-electron chi connectivity index (χ4n) is 6.27. The second-order valence-corrected chi connectivity index (χ2v) is 11.5. The van der Waals surface area contributed by atoms with Crippen molar-refractivity contribution in [1.82, 2.24) is 19.9 Å². The molecule has 220 valence electrons. The van der Waals surface area contributed by atoms with Crippen LogP contribution in [0.2, 0.25) is 0 Å². The SMILES string of the molecule is c1ccc(-c2nc(-c3ccccc3)nc(-c3cccc(-c4cc5ccccc5c5c4ccc4nc(-c6ccccc6)oc45)c3)n2)cc1. The average Bonchev–Trinajstić information content (AvgIpc) is 3.60.